The molecule has 1 N–H and O–H groups in total. The molecular formula is C17H23NO3. The summed E-state index contributed by atoms with van der Waals surface area (Å²) in [5, 5.41) is 3.01. The van der Waals surface area contributed by atoms with Gasteiger partial charge in [0.05, 0.1) is 5.60 Å². The first-order valence-corrected chi connectivity index (χ1v) is 7.34. The average Bonchev–Trinajstić information content (AvgIpc) is 2.44. The first-order valence-electron chi connectivity index (χ1n) is 7.34. The summed E-state index contributed by atoms with van der Waals surface area (Å²) in [6, 6.07) is 9.72. The van der Waals surface area contributed by atoms with Gasteiger partial charge in [0.2, 0.25) is 5.91 Å². The van der Waals surface area contributed by atoms with Crippen LogP contribution in [0.15, 0.2) is 42.5 Å². The van der Waals surface area contributed by atoms with Crippen molar-refractivity contribution in [2.45, 2.75) is 38.3 Å². The zero-order chi connectivity index (χ0) is 15.1. The smallest absolute Gasteiger partial charge is 0.244 e. The lowest BCUT2D eigenvalue weighted by Crippen LogP contribution is -2.45. The molecule has 1 aromatic rings. The Balaban J connectivity index is 1.70. The van der Waals surface area contributed by atoms with Crippen molar-refractivity contribution in [3.8, 4) is 5.75 Å². The Hall–Kier alpha value is -1.81. The fourth-order valence-corrected chi connectivity index (χ4v) is 2.42. The van der Waals surface area contributed by atoms with E-state index in [2.05, 4.69) is 19.2 Å². The Labute approximate surface area is 126 Å². The van der Waals surface area contributed by atoms with Gasteiger partial charge in [0.25, 0.3) is 0 Å². The summed E-state index contributed by atoms with van der Waals surface area (Å²) in [4.78, 5) is 11.8. The van der Waals surface area contributed by atoms with Crippen molar-refractivity contribution in [3.05, 3.63) is 42.5 Å². The molecule has 114 valence electrons. The van der Waals surface area contributed by atoms with Gasteiger partial charge in [-0.2, -0.15) is 0 Å². The summed E-state index contributed by atoms with van der Waals surface area (Å²) in [5.74, 6) is 0.725. The minimum Gasteiger partial charge on any atom is -0.490 e. The highest BCUT2D eigenvalue weighted by Crippen LogP contribution is 2.23. The lowest BCUT2D eigenvalue weighted by molar-refractivity contribution is -0.119. The Kier molecular flexibility index (Phi) is 5.39. The summed E-state index contributed by atoms with van der Waals surface area (Å²) in [6.45, 7) is 5.18. The summed E-state index contributed by atoms with van der Waals surface area (Å²) in [6.07, 6.45) is 4.97. The molecule has 0 spiro atoms. The number of hydrogen-bond donors (Lipinski definition) is 1. The molecule has 1 atom stereocenters. The van der Waals surface area contributed by atoms with Crippen molar-refractivity contribution in [2.75, 3.05) is 13.2 Å². The normalized spacial score (nSPS) is 21.1. The summed E-state index contributed by atoms with van der Waals surface area (Å²) in [7, 11) is 0. The Morgan fingerprint density at radius 1 is 1.43 bits per heavy atom. The molecule has 1 fully saturated rings. The molecule has 1 amide bonds. The lowest BCUT2D eigenvalue weighted by Gasteiger charge is -2.35. The van der Waals surface area contributed by atoms with E-state index in [0.717, 1.165) is 18.6 Å². The van der Waals surface area contributed by atoms with Crippen LogP contribution in [0.2, 0.25) is 0 Å². The minimum atomic E-state index is -0.156. The molecule has 1 aliphatic rings. The van der Waals surface area contributed by atoms with Crippen molar-refractivity contribution in [2.24, 2.45) is 0 Å². The van der Waals surface area contributed by atoms with Crippen LogP contribution in [0.25, 0.3) is 0 Å². The van der Waals surface area contributed by atoms with Crippen molar-refractivity contribution < 1.29 is 14.3 Å². The molecule has 1 unspecified atom stereocenters. The Bertz CT molecular complexity index is 482. The van der Waals surface area contributed by atoms with Crippen LogP contribution in [0, 0.1) is 0 Å². The Morgan fingerprint density at radius 3 is 2.90 bits per heavy atom. The zero-order valence-electron chi connectivity index (χ0n) is 12.7. The molecule has 0 saturated carbocycles. The van der Waals surface area contributed by atoms with Crippen LogP contribution in [-0.4, -0.2) is 30.8 Å². The number of ether oxygens (including phenoxy) is 2. The number of hydrogen-bond acceptors (Lipinski definition) is 3. The highest BCUT2D eigenvalue weighted by atomic mass is 16.5. The second kappa shape index (κ2) is 7.27. The van der Waals surface area contributed by atoms with E-state index in [4.69, 9.17) is 9.47 Å². The highest BCUT2D eigenvalue weighted by Gasteiger charge is 2.29. The SMILES string of the molecule is CC1(C)CC(NC(=O)/C=C/COc2ccccc2)CCO1. The van der Waals surface area contributed by atoms with E-state index >= 15 is 0 Å². The topological polar surface area (TPSA) is 47.6 Å². The molecule has 1 saturated heterocycles. The van der Waals surface area contributed by atoms with Gasteiger partial charge in [0.15, 0.2) is 0 Å². The maximum Gasteiger partial charge on any atom is 0.244 e. The number of nitrogens with one attached hydrogen (secondary N) is 1. The lowest BCUT2D eigenvalue weighted by atomic mass is 9.94. The molecule has 21 heavy (non-hydrogen) atoms. The standard InChI is InChI=1S/C17H23NO3/c1-17(2)13-14(10-12-21-17)18-16(19)9-6-11-20-15-7-4-3-5-8-15/h3-9,14H,10-13H2,1-2H3,(H,18,19)/b9-6+. The molecular weight excluding hydrogens is 266 g/mol. The predicted molar refractivity (Wildman–Crippen MR) is 82.3 cm³/mol. The maximum atomic E-state index is 11.8. The van der Waals surface area contributed by atoms with Gasteiger partial charge in [-0.3, -0.25) is 4.79 Å². The van der Waals surface area contributed by atoms with Crippen molar-refractivity contribution in [1.29, 1.82) is 0 Å². The van der Waals surface area contributed by atoms with Gasteiger partial charge in [-0.05, 0) is 44.9 Å². The van der Waals surface area contributed by atoms with E-state index in [1.165, 1.54) is 6.08 Å². The van der Waals surface area contributed by atoms with Crippen LogP contribution in [0.1, 0.15) is 26.7 Å². The third-order valence-electron chi connectivity index (χ3n) is 3.40. The predicted octanol–water partition coefficient (Wildman–Crippen LogP) is 2.70. The van der Waals surface area contributed by atoms with E-state index in [1.54, 1.807) is 6.08 Å². The first-order chi connectivity index (χ1) is 10.1. The largest absolute Gasteiger partial charge is 0.490 e. The highest BCUT2D eigenvalue weighted by molar-refractivity contribution is 5.87. The molecule has 1 aromatic carbocycles. The van der Waals surface area contributed by atoms with Crippen LogP contribution in [0.3, 0.4) is 0 Å². The molecule has 1 aliphatic heterocycles. The second-order valence-corrected chi connectivity index (χ2v) is 5.83. The molecule has 0 bridgehead atoms. The quantitative estimate of drug-likeness (QED) is 0.848. The van der Waals surface area contributed by atoms with Crippen molar-refractivity contribution in [1.82, 2.24) is 5.32 Å². The summed E-state index contributed by atoms with van der Waals surface area (Å²) in [5.41, 5.74) is -0.156. The van der Waals surface area contributed by atoms with Gasteiger partial charge in [0, 0.05) is 18.7 Å². The van der Waals surface area contributed by atoms with Gasteiger partial charge in [0.1, 0.15) is 12.4 Å². The molecule has 0 radical (unpaired) electrons. The van der Waals surface area contributed by atoms with Crippen LogP contribution in [0.4, 0.5) is 0 Å². The monoisotopic (exact) mass is 289 g/mol. The number of carbonyl (C=O) groups is 1. The third kappa shape index (κ3) is 5.60. The molecule has 4 nitrogen and oxygen atoms in total. The Morgan fingerprint density at radius 2 is 2.19 bits per heavy atom. The third-order valence-corrected chi connectivity index (χ3v) is 3.40. The van der Waals surface area contributed by atoms with E-state index in [0.29, 0.717) is 13.2 Å². The number of benzene rings is 1. The number of carbonyl (C=O) groups excluding carboxylic acids is 1. The number of rotatable bonds is 5. The van der Waals surface area contributed by atoms with Gasteiger partial charge >= 0.3 is 0 Å². The molecule has 2 rings (SSSR count). The number of para-hydroxylation sites is 1. The summed E-state index contributed by atoms with van der Waals surface area (Å²) < 4.78 is 11.1. The fourth-order valence-electron chi connectivity index (χ4n) is 2.42. The van der Waals surface area contributed by atoms with Crippen molar-refractivity contribution >= 4 is 5.91 Å². The summed E-state index contributed by atoms with van der Waals surface area (Å²) >= 11 is 0. The van der Waals surface area contributed by atoms with Crippen LogP contribution in [0.5, 0.6) is 5.75 Å². The van der Waals surface area contributed by atoms with Gasteiger partial charge in [-0.1, -0.05) is 18.2 Å². The number of amides is 1. The van der Waals surface area contributed by atoms with E-state index in [9.17, 15) is 4.79 Å². The first kappa shape index (κ1) is 15.6. The van der Waals surface area contributed by atoms with Crippen molar-refractivity contribution in [3.63, 3.8) is 0 Å². The minimum absolute atomic E-state index is 0.0747. The average molecular weight is 289 g/mol. The second-order valence-electron chi connectivity index (χ2n) is 5.83. The molecule has 1 heterocycles. The molecule has 0 aliphatic carbocycles. The van der Waals surface area contributed by atoms with Crippen LogP contribution >= 0.6 is 0 Å². The zero-order valence-corrected chi connectivity index (χ0v) is 12.7. The van der Waals surface area contributed by atoms with E-state index in [-0.39, 0.29) is 17.6 Å². The van der Waals surface area contributed by atoms with Crippen LogP contribution in [-0.2, 0) is 9.53 Å². The molecule has 4 heteroatoms. The van der Waals surface area contributed by atoms with E-state index in [1.807, 2.05) is 30.3 Å². The van der Waals surface area contributed by atoms with Gasteiger partial charge < -0.3 is 14.8 Å². The van der Waals surface area contributed by atoms with Crippen LogP contribution < -0.4 is 10.1 Å². The van der Waals surface area contributed by atoms with Gasteiger partial charge in [-0.15, -0.1) is 0 Å². The van der Waals surface area contributed by atoms with E-state index < -0.39 is 0 Å². The fraction of sp³-hybridized carbons (Fsp3) is 0.471. The molecule has 0 aromatic heterocycles. The maximum absolute atomic E-state index is 11.8. The van der Waals surface area contributed by atoms with Gasteiger partial charge in [-0.25, -0.2) is 0 Å².